The number of nitrogens with zero attached hydrogens (tertiary/aromatic N) is 2. The molecule has 0 saturated heterocycles. The monoisotopic (exact) mass is 216 g/mol. The van der Waals surface area contributed by atoms with E-state index in [-0.39, 0.29) is 5.29 Å². The Morgan fingerprint density at radius 2 is 2.07 bits per heavy atom. The molecule has 0 aliphatic carbocycles. The van der Waals surface area contributed by atoms with E-state index in [1.165, 1.54) is 0 Å². The normalized spacial score (nSPS) is 13.3. The van der Waals surface area contributed by atoms with Crippen molar-refractivity contribution >= 4 is 29.6 Å². The lowest BCUT2D eigenvalue weighted by molar-refractivity contribution is -0.138. The maximum absolute atomic E-state index is 11.2. The van der Waals surface area contributed by atoms with E-state index in [0.717, 1.165) is 0 Å². The van der Waals surface area contributed by atoms with Crippen LogP contribution in [-0.2, 0) is 9.53 Å². The van der Waals surface area contributed by atoms with Crippen molar-refractivity contribution in [3.8, 4) is 0 Å². The van der Waals surface area contributed by atoms with Gasteiger partial charge in [0.05, 0.1) is 17.9 Å². The maximum Gasteiger partial charge on any atom is 0.335 e. The minimum Gasteiger partial charge on any atom is -0.463 e. The van der Waals surface area contributed by atoms with Crippen LogP contribution in [0.2, 0.25) is 0 Å². The molecule has 0 aliphatic rings. The molecule has 0 spiro atoms. The summed E-state index contributed by atoms with van der Waals surface area (Å²) in [6.07, 6.45) is 0. The van der Waals surface area contributed by atoms with Gasteiger partial charge in [0.25, 0.3) is 0 Å². The number of amidine groups is 1. The molecule has 0 atom stereocenters. The molecule has 0 fully saturated rings. The SMILES string of the molecule is C=NC(Cl)=N/C(C)=C(\C)C(=O)OCC. The van der Waals surface area contributed by atoms with Gasteiger partial charge in [-0.25, -0.2) is 14.8 Å². The van der Waals surface area contributed by atoms with Gasteiger partial charge in [0.1, 0.15) is 0 Å². The molecule has 0 heterocycles. The number of hydrogen-bond donors (Lipinski definition) is 0. The van der Waals surface area contributed by atoms with E-state index in [9.17, 15) is 4.79 Å². The van der Waals surface area contributed by atoms with Crippen LogP contribution in [0, 0.1) is 0 Å². The molecule has 0 radical (unpaired) electrons. The Morgan fingerprint density at radius 3 is 2.50 bits per heavy atom. The molecule has 4 nitrogen and oxygen atoms in total. The van der Waals surface area contributed by atoms with Crippen molar-refractivity contribution in [2.45, 2.75) is 20.8 Å². The minimum atomic E-state index is -0.401. The topological polar surface area (TPSA) is 51.0 Å². The van der Waals surface area contributed by atoms with Crippen LogP contribution in [-0.4, -0.2) is 24.6 Å². The van der Waals surface area contributed by atoms with Crippen molar-refractivity contribution in [1.82, 2.24) is 0 Å². The molecule has 5 heteroatoms. The quantitative estimate of drug-likeness (QED) is 0.239. The van der Waals surface area contributed by atoms with Crippen LogP contribution in [0.4, 0.5) is 0 Å². The molecule has 0 N–H and O–H groups in total. The molecular weight excluding hydrogens is 204 g/mol. The van der Waals surface area contributed by atoms with Gasteiger partial charge >= 0.3 is 5.97 Å². The molecule has 0 bridgehead atoms. The summed E-state index contributed by atoms with van der Waals surface area (Å²) in [6.45, 7) is 8.54. The minimum absolute atomic E-state index is 0.00569. The number of aliphatic imine (C=N–C) groups is 2. The molecule has 78 valence electrons. The van der Waals surface area contributed by atoms with Crippen LogP contribution in [0.25, 0.3) is 0 Å². The molecule has 0 aliphatic heterocycles. The van der Waals surface area contributed by atoms with Crippen molar-refractivity contribution < 1.29 is 9.53 Å². The third-order valence-electron chi connectivity index (χ3n) is 1.51. The molecule has 0 aromatic rings. The zero-order chi connectivity index (χ0) is 11.1. The Balaban J connectivity index is 4.75. The molecule has 0 aromatic carbocycles. The van der Waals surface area contributed by atoms with Crippen LogP contribution in [0.15, 0.2) is 21.3 Å². The average Bonchev–Trinajstić information content (AvgIpc) is 2.16. The first-order valence-corrected chi connectivity index (χ1v) is 4.46. The summed E-state index contributed by atoms with van der Waals surface area (Å²) in [5.41, 5.74) is 0.884. The summed E-state index contributed by atoms with van der Waals surface area (Å²) in [4.78, 5) is 18.4. The van der Waals surface area contributed by atoms with E-state index in [1.54, 1.807) is 20.8 Å². The van der Waals surface area contributed by atoms with Gasteiger partial charge in [0.15, 0.2) is 0 Å². The number of carbonyl (C=O) groups excluding carboxylic acids is 1. The number of ether oxygens (including phenoxy) is 1. The number of hydrogen-bond acceptors (Lipinski definition) is 3. The highest BCUT2D eigenvalue weighted by Gasteiger charge is 2.08. The predicted molar refractivity (Wildman–Crippen MR) is 57.8 cm³/mol. The lowest BCUT2D eigenvalue weighted by Gasteiger charge is -2.02. The van der Waals surface area contributed by atoms with E-state index in [1.807, 2.05) is 0 Å². The van der Waals surface area contributed by atoms with Crippen molar-refractivity contribution in [3.05, 3.63) is 11.3 Å². The molecular formula is C9H13ClN2O2. The molecule has 0 amide bonds. The second-order valence-corrected chi connectivity index (χ2v) is 2.81. The Hall–Kier alpha value is -1.16. The van der Waals surface area contributed by atoms with E-state index < -0.39 is 5.97 Å². The molecule has 0 saturated carbocycles. The van der Waals surface area contributed by atoms with Gasteiger partial charge in [0.2, 0.25) is 5.29 Å². The Bertz CT molecular complexity index is 295. The van der Waals surface area contributed by atoms with Gasteiger partial charge in [0, 0.05) is 0 Å². The lowest BCUT2D eigenvalue weighted by Crippen LogP contribution is -2.06. The zero-order valence-electron chi connectivity index (χ0n) is 8.50. The Labute approximate surface area is 88.3 Å². The van der Waals surface area contributed by atoms with Crippen LogP contribution in [0.3, 0.4) is 0 Å². The zero-order valence-corrected chi connectivity index (χ0v) is 9.26. The molecule has 0 aromatic heterocycles. The number of halogens is 1. The van der Waals surface area contributed by atoms with Crippen LogP contribution in [0.5, 0.6) is 0 Å². The summed E-state index contributed by atoms with van der Waals surface area (Å²) in [6, 6.07) is 0. The lowest BCUT2D eigenvalue weighted by atomic mass is 10.2. The predicted octanol–water partition coefficient (Wildman–Crippen LogP) is 2.14. The first-order valence-electron chi connectivity index (χ1n) is 4.08. The van der Waals surface area contributed by atoms with Crippen molar-refractivity contribution in [2.24, 2.45) is 9.98 Å². The van der Waals surface area contributed by atoms with Crippen LogP contribution < -0.4 is 0 Å². The highest BCUT2D eigenvalue weighted by Crippen LogP contribution is 2.08. The fourth-order valence-electron chi connectivity index (χ4n) is 0.645. The van der Waals surface area contributed by atoms with Gasteiger partial charge in [-0.05, 0) is 39.1 Å². The van der Waals surface area contributed by atoms with Gasteiger partial charge in [-0.15, -0.1) is 0 Å². The largest absolute Gasteiger partial charge is 0.463 e. The average molecular weight is 217 g/mol. The summed E-state index contributed by atoms with van der Waals surface area (Å²) in [5.74, 6) is -0.401. The summed E-state index contributed by atoms with van der Waals surface area (Å²) in [5, 5.41) is 0.00569. The summed E-state index contributed by atoms with van der Waals surface area (Å²) >= 11 is 5.52. The number of esters is 1. The number of rotatable bonds is 3. The fourth-order valence-corrected chi connectivity index (χ4v) is 0.771. The van der Waals surface area contributed by atoms with E-state index in [0.29, 0.717) is 17.9 Å². The van der Waals surface area contributed by atoms with Gasteiger partial charge in [-0.2, -0.15) is 0 Å². The first-order chi connectivity index (χ1) is 6.52. The Kier molecular flexibility index (Phi) is 5.79. The summed E-state index contributed by atoms with van der Waals surface area (Å²) in [7, 11) is 0. The molecule has 0 unspecified atom stereocenters. The number of allylic oxidation sites excluding steroid dienone is 1. The van der Waals surface area contributed by atoms with Crippen LogP contribution >= 0.6 is 11.6 Å². The third kappa shape index (κ3) is 4.18. The van der Waals surface area contributed by atoms with Gasteiger partial charge in [-0.1, -0.05) is 0 Å². The van der Waals surface area contributed by atoms with Gasteiger partial charge in [-0.3, -0.25) is 0 Å². The Morgan fingerprint density at radius 1 is 1.50 bits per heavy atom. The fraction of sp³-hybridized carbons (Fsp3) is 0.444. The smallest absolute Gasteiger partial charge is 0.335 e. The summed E-state index contributed by atoms with van der Waals surface area (Å²) < 4.78 is 4.78. The number of carbonyl (C=O) groups is 1. The van der Waals surface area contributed by atoms with E-state index in [4.69, 9.17) is 16.3 Å². The van der Waals surface area contributed by atoms with Crippen molar-refractivity contribution in [2.75, 3.05) is 6.61 Å². The first kappa shape index (κ1) is 12.8. The standard InChI is InChI=1S/C9H13ClN2O2/c1-5-14-8(13)6(2)7(3)12-9(10)11-4/h4-5H2,1-3H3/b7-6+,12-9?. The van der Waals surface area contributed by atoms with Crippen molar-refractivity contribution in [1.29, 1.82) is 0 Å². The van der Waals surface area contributed by atoms with E-state index >= 15 is 0 Å². The van der Waals surface area contributed by atoms with Crippen LogP contribution in [0.1, 0.15) is 20.8 Å². The maximum atomic E-state index is 11.2. The second-order valence-electron chi connectivity index (χ2n) is 2.47. The molecule has 0 rings (SSSR count). The molecule has 14 heavy (non-hydrogen) atoms. The highest BCUT2D eigenvalue weighted by molar-refractivity contribution is 6.65. The third-order valence-corrected chi connectivity index (χ3v) is 1.72. The van der Waals surface area contributed by atoms with Gasteiger partial charge < -0.3 is 4.74 Å². The second kappa shape index (κ2) is 6.32. The van der Waals surface area contributed by atoms with Crippen molar-refractivity contribution in [3.63, 3.8) is 0 Å². The van der Waals surface area contributed by atoms with E-state index in [2.05, 4.69) is 16.7 Å². The highest BCUT2D eigenvalue weighted by atomic mass is 35.5.